The Morgan fingerprint density at radius 2 is 2.03 bits per heavy atom. The van der Waals surface area contributed by atoms with Gasteiger partial charge in [-0.25, -0.2) is 4.98 Å². The summed E-state index contributed by atoms with van der Waals surface area (Å²) in [5, 5.41) is 6.96. The minimum absolute atomic E-state index is 0.386. The standard InChI is InChI=1S/C22H24ClN5OS/c1-15-7-5-6-12-28(15)20-13-19(23)25-21(26-20)27-22(30)24-14-17-10-11-18(29-17)16-8-3-2-4-9-16/h2-4,8-11,13,15H,5-7,12,14H2,1H3,(H2,24,25,26,27,30)/t15-/m0/s1. The zero-order valence-corrected chi connectivity index (χ0v) is 18.3. The van der Waals surface area contributed by atoms with Crippen molar-refractivity contribution in [2.75, 3.05) is 16.8 Å². The van der Waals surface area contributed by atoms with E-state index in [1.54, 1.807) is 6.07 Å². The van der Waals surface area contributed by atoms with E-state index in [1.807, 2.05) is 42.5 Å². The molecule has 2 N–H and O–H groups in total. The Bertz CT molecular complexity index is 1010. The minimum atomic E-state index is 0.386. The van der Waals surface area contributed by atoms with Gasteiger partial charge in [-0.1, -0.05) is 41.9 Å². The first-order valence-electron chi connectivity index (χ1n) is 10.1. The highest BCUT2D eigenvalue weighted by atomic mass is 35.5. The van der Waals surface area contributed by atoms with Crippen molar-refractivity contribution in [1.29, 1.82) is 0 Å². The predicted molar refractivity (Wildman–Crippen MR) is 125 cm³/mol. The van der Waals surface area contributed by atoms with Gasteiger partial charge in [0.1, 0.15) is 22.5 Å². The summed E-state index contributed by atoms with van der Waals surface area (Å²) in [6, 6.07) is 16.1. The van der Waals surface area contributed by atoms with Gasteiger partial charge in [0.2, 0.25) is 5.95 Å². The number of aromatic nitrogens is 2. The van der Waals surface area contributed by atoms with Crippen LogP contribution in [0.1, 0.15) is 31.9 Å². The van der Waals surface area contributed by atoms with E-state index in [0.717, 1.165) is 42.3 Å². The molecule has 1 aliphatic heterocycles. The maximum Gasteiger partial charge on any atom is 0.232 e. The first-order chi connectivity index (χ1) is 14.6. The summed E-state index contributed by atoms with van der Waals surface area (Å²) in [6.45, 7) is 3.63. The summed E-state index contributed by atoms with van der Waals surface area (Å²) in [6.07, 6.45) is 3.55. The van der Waals surface area contributed by atoms with Crippen LogP contribution in [-0.2, 0) is 6.54 Å². The second-order valence-corrected chi connectivity index (χ2v) is 8.15. The van der Waals surface area contributed by atoms with Crippen molar-refractivity contribution in [2.24, 2.45) is 0 Å². The lowest BCUT2D eigenvalue weighted by Gasteiger charge is -2.34. The molecule has 30 heavy (non-hydrogen) atoms. The maximum atomic E-state index is 6.24. The number of anilines is 2. The van der Waals surface area contributed by atoms with Crippen LogP contribution in [0, 0.1) is 0 Å². The average Bonchev–Trinajstić information content (AvgIpc) is 3.22. The van der Waals surface area contributed by atoms with Crippen LogP contribution in [0.15, 0.2) is 52.9 Å². The Hall–Kier alpha value is -2.64. The second kappa shape index (κ2) is 9.45. The molecular weight excluding hydrogens is 418 g/mol. The van der Waals surface area contributed by atoms with E-state index in [-0.39, 0.29) is 0 Å². The van der Waals surface area contributed by atoms with Crippen molar-refractivity contribution < 1.29 is 4.42 Å². The lowest BCUT2D eigenvalue weighted by molar-refractivity contribution is 0.481. The molecule has 3 aromatic rings. The third kappa shape index (κ3) is 5.09. The number of hydrogen-bond acceptors (Lipinski definition) is 5. The first kappa shape index (κ1) is 20.6. The Labute approximate surface area is 186 Å². The lowest BCUT2D eigenvalue weighted by Crippen LogP contribution is -2.38. The number of nitrogens with zero attached hydrogens (tertiary/aromatic N) is 3. The van der Waals surface area contributed by atoms with E-state index < -0.39 is 0 Å². The molecule has 0 aliphatic carbocycles. The molecular formula is C22H24ClN5OS. The van der Waals surface area contributed by atoms with Crippen LogP contribution in [0.25, 0.3) is 11.3 Å². The molecule has 1 atom stereocenters. The zero-order chi connectivity index (χ0) is 20.9. The smallest absolute Gasteiger partial charge is 0.232 e. The highest BCUT2D eigenvalue weighted by Gasteiger charge is 2.21. The minimum Gasteiger partial charge on any atom is -0.459 e. The fourth-order valence-corrected chi connectivity index (χ4v) is 3.93. The van der Waals surface area contributed by atoms with Gasteiger partial charge in [0.15, 0.2) is 5.11 Å². The first-order valence-corrected chi connectivity index (χ1v) is 10.9. The topological polar surface area (TPSA) is 66.2 Å². The number of benzene rings is 1. The largest absolute Gasteiger partial charge is 0.459 e. The van der Waals surface area contributed by atoms with Gasteiger partial charge < -0.3 is 20.0 Å². The van der Waals surface area contributed by atoms with E-state index in [9.17, 15) is 0 Å². The van der Waals surface area contributed by atoms with Gasteiger partial charge in [0.25, 0.3) is 0 Å². The lowest BCUT2D eigenvalue weighted by atomic mass is 10.0. The number of nitrogens with one attached hydrogen (secondary N) is 2. The molecule has 0 saturated carbocycles. The van der Waals surface area contributed by atoms with Crippen LogP contribution < -0.4 is 15.5 Å². The van der Waals surface area contributed by atoms with Crippen molar-refractivity contribution in [3.05, 3.63) is 59.4 Å². The molecule has 1 aliphatic rings. The third-order valence-electron chi connectivity index (χ3n) is 5.15. The number of furan rings is 1. The van der Waals surface area contributed by atoms with Gasteiger partial charge in [0.05, 0.1) is 6.54 Å². The number of hydrogen-bond donors (Lipinski definition) is 2. The summed E-state index contributed by atoms with van der Waals surface area (Å²) in [4.78, 5) is 11.1. The quantitative estimate of drug-likeness (QED) is 0.413. The molecule has 0 spiro atoms. The maximum absolute atomic E-state index is 6.24. The molecule has 0 radical (unpaired) electrons. The van der Waals surface area contributed by atoms with Crippen LogP contribution in [0.5, 0.6) is 0 Å². The Morgan fingerprint density at radius 1 is 1.20 bits per heavy atom. The zero-order valence-electron chi connectivity index (χ0n) is 16.8. The van der Waals surface area contributed by atoms with Crippen LogP contribution in [0.3, 0.4) is 0 Å². The van der Waals surface area contributed by atoms with E-state index >= 15 is 0 Å². The molecule has 6 nitrogen and oxygen atoms in total. The highest BCUT2D eigenvalue weighted by Crippen LogP contribution is 2.26. The fourth-order valence-electron chi connectivity index (χ4n) is 3.59. The molecule has 0 amide bonds. The normalized spacial score (nSPS) is 16.3. The van der Waals surface area contributed by atoms with Gasteiger partial charge in [-0.15, -0.1) is 0 Å². The predicted octanol–water partition coefficient (Wildman–Crippen LogP) is 5.26. The SMILES string of the molecule is C[C@H]1CCCCN1c1cc(Cl)nc(NC(=S)NCc2ccc(-c3ccccc3)o2)n1. The van der Waals surface area contributed by atoms with E-state index in [0.29, 0.717) is 28.8 Å². The fraction of sp³-hybridized carbons (Fsp3) is 0.318. The molecule has 8 heteroatoms. The van der Waals surface area contributed by atoms with Crippen molar-refractivity contribution in [3.8, 4) is 11.3 Å². The molecule has 156 valence electrons. The average molecular weight is 442 g/mol. The number of halogens is 1. The summed E-state index contributed by atoms with van der Waals surface area (Å²) >= 11 is 11.6. The second-order valence-electron chi connectivity index (χ2n) is 7.35. The third-order valence-corrected chi connectivity index (χ3v) is 5.59. The number of thiocarbonyl (C=S) groups is 1. The van der Waals surface area contributed by atoms with Crippen LogP contribution in [0.4, 0.5) is 11.8 Å². The van der Waals surface area contributed by atoms with E-state index in [4.69, 9.17) is 28.2 Å². The molecule has 1 saturated heterocycles. The van der Waals surface area contributed by atoms with Gasteiger partial charge in [-0.2, -0.15) is 4.98 Å². The number of piperidine rings is 1. The van der Waals surface area contributed by atoms with Crippen molar-refractivity contribution in [3.63, 3.8) is 0 Å². The summed E-state index contributed by atoms with van der Waals surface area (Å²) in [7, 11) is 0. The van der Waals surface area contributed by atoms with Crippen LogP contribution >= 0.6 is 23.8 Å². The summed E-state index contributed by atoms with van der Waals surface area (Å²) < 4.78 is 5.89. The molecule has 0 bridgehead atoms. The Kier molecular flexibility index (Phi) is 6.50. The van der Waals surface area contributed by atoms with Gasteiger partial charge in [0, 0.05) is 24.2 Å². The molecule has 4 rings (SSSR count). The van der Waals surface area contributed by atoms with Crippen molar-refractivity contribution in [1.82, 2.24) is 15.3 Å². The monoisotopic (exact) mass is 441 g/mol. The molecule has 2 aromatic heterocycles. The van der Waals surface area contributed by atoms with Crippen LogP contribution in [-0.4, -0.2) is 27.7 Å². The van der Waals surface area contributed by atoms with E-state index in [1.165, 1.54) is 6.42 Å². The highest BCUT2D eigenvalue weighted by molar-refractivity contribution is 7.80. The van der Waals surface area contributed by atoms with Crippen molar-refractivity contribution in [2.45, 2.75) is 38.8 Å². The molecule has 0 unspecified atom stereocenters. The van der Waals surface area contributed by atoms with Crippen molar-refractivity contribution >= 4 is 40.7 Å². The van der Waals surface area contributed by atoms with Gasteiger partial charge >= 0.3 is 0 Å². The summed E-state index contributed by atoms with van der Waals surface area (Å²) in [5.41, 5.74) is 1.04. The molecule has 1 aromatic carbocycles. The summed E-state index contributed by atoms with van der Waals surface area (Å²) in [5.74, 6) is 2.82. The van der Waals surface area contributed by atoms with Gasteiger partial charge in [-0.05, 0) is 50.5 Å². The Balaban J connectivity index is 1.37. The Morgan fingerprint density at radius 3 is 2.83 bits per heavy atom. The number of rotatable bonds is 5. The van der Waals surface area contributed by atoms with E-state index in [2.05, 4.69) is 32.4 Å². The van der Waals surface area contributed by atoms with Crippen LogP contribution in [0.2, 0.25) is 5.15 Å². The molecule has 1 fully saturated rings. The van der Waals surface area contributed by atoms with Gasteiger partial charge in [-0.3, -0.25) is 0 Å². The molecule has 3 heterocycles.